The zero-order chi connectivity index (χ0) is 14.7. The van der Waals surface area contributed by atoms with Gasteiger partial charge in [-0.3, -0.25) is 9.48 Å². The molecule has 1 saturated carbocycles. The molecule has 6 heteroatoms. The average molecular weight is 321 g/mol. The first-order chi connectivity index (χ1) is 10.3. The Morgan fingerprint density at radius 3 is 2.73 bits per heavy atom. The smallest absolute Gasteiger partial charge is 0.254 e. The lowest BCUT2D eigenvalue weighted by Crippen LogP contribution is -2.41. The van der Waals surface area contributed by atoms with Gasteiger partial charge >= 0.3 is 0 Å². The molecule has 1 unspecified atom stereocenters. The molecule has 118 valence electrons. The van der Waals surface area contributed by atoms with Crippen LogP contribution >= 0.6 is 12.4 Å². The van der Waals surface area contributed by atoms with Crippen LogP contribution in [0.25, 0.3) is 0 Å². The van der Waals surface area contributed by atoms with Gasteiger partial charge in [-0.05, 0) is 24.3 Å². The second-order valence-corrected chi connectivity index (χ2v) is 5.57. The third-order valence-corrected chi connectivity index (χ3v) is 3.84. The Balaban J connectivity index is 0.00000176. The monoisotopic (exact) mass is 320 g/mol. The van der Waals surface area contributed by atoms with Gasteiger partial charge in [0.05, 0.1) is 18.3 Å². The molecule has 0 bridgehead atoms. The summed E-state index contributed by atoms with van der Waals surface area (Å²) >= 11 is 0. The number of hydrogen-bond acceptors (Lipinski definition) is 3. The number of amides is 1. The molecule has 0 aliphatic heterocycles. The van der Waals surface area contributed by atoms with Crippen molar-refractivity contribution in [3.05, 3.63) is 53.9 Å². The Kier molecular flexibility index (Phi) is 5.57. The second-order valence-electron chi connectivity index (χ2n) is 5.57. The second kappa shape index (κ2) is 7.42. The van der Waals surface area contributed by atoms with Crippen molar-refractivity contribution in [3.63, 3.8) is 0 Å². The Bertz CT molecular complexity index is 610. The van der Waals surface area contributed by atoms with Crippen LogP contribution in [0.1, 0.15) is 28.8 Å². The standard InChI is InChI=1S/C16H20N4O.ClH/c17-8-15(13-6-7-13)19-16(21)14-9-18-20(11-14)10-12-4-2-1-3-5-12;/h1-5,9,11,13,15H,6-8,10,17H2,(H,19,21);1H. The van der Waals surface area contributed by atoms with Gasteiger partial charge in [-0.25, -0.2) is 0 Å². The van der Waals surface area contributed by atoms with Crippen molar-refractivity contribution in [1.29, 1.82) is 0 Å². The highest BCUT2D eigenvalue weighted by atomic mass is 35.5. The molecule has 2 aromatic rings. The molecule has 1 amide bonds. The van der Waals surface area contributed by atoms with E-state index >= 15 is 0 Å². The lowest BCUT2D eigenvalue weighted by molar-refractivity contribution is 0.0933. The number of carbonyl (C=O) groups excluding carboxylic acids is 1. The Morgan fingerprint density at radius 2 is 2.09 bits per heavy atom. The van der Waals surface area contributed by atoms with Crippen molar-refractivity contribution >= 4 is 18.3 Å². The summed E-state index contributed by atoms with van der Waals surface area (Å²) in [5.41, 5.74) is 7.46. The van der Waals surface area contributed by atoms with Crippen LogP contribution in [-0.2, 0) is 6.54 Å². The van der Waals surface area contributed by atoms with E-state index in [1.807, 2.05) is 30.3 Å². The minimum Gasteiger partial charge on any atom is -0.348 e. The van der Waals surface area contributed by atoms with E-state index in [0.717, 1.165) is 18.4 Å². The summed E-state index contributed by atoms with van der Waals surface area (Å²) in [5.74, 6) is 0.468. The topological polar surface area (TPSA) is 72.9 Å². The molecule has 1 fully saturated rings. The molecule has 1 aliphatic carbocycles. The van der Waals surface area contributed by atoms with Gasteiger partial charge in [0, 0.05) is 18.8 Å². The van der Waals surface area contributed by atoms with Gasteiger partial charge in [0.1, 0.15) is 0 Å². The maximum absolute atomic E-state index is 12.2. The van der Waals surface area contributed by atoms with E-state index in [2.05, 4.69) is 10.4 Å². The Morgan fingerprint density at radius 1 is 1.36 bits per heavy atom. The number of rotatable bonds is 6. The van der Waals surface area contributed by atoms with Crippen molar-refractivity contribution in [2.75, 3.05) is 6.54 Å². The van der Waals surface area contributed by atoms with E-state index in [9.17, 15) is 4.79 Å². The van der Waals surface area contributed by atoms with Gasteiger partial charge in [0.2, 0.25) is 0 Å². The predicted molar refractivity (Wildman–Crippen MR) is 88.1 cm³/mol. The summed E-state index contributed by atoms with van der Waals surface area (Å²) in [5, 5.41) is 7.26. The molecule has 0 spiro atoms. The Labute approximate surface area is 136 Å². The molecule has 0 radical (unpaired) electrons. The zero-order valence-corrected chi connectivity index (χ0v) is 13.1. The van der Waals surface area contributed by atoms with E-state index in [4.69, 9.17) is 5.73 Å². The fraction of sp³-hybridized carbons (Fsp3) is 0.375. The number of hydrogen-bond donors (Lipinski definition) is 2. The van der Waals surface area contributed by atoms with Gasteiger partial charge in [-0.15, -0.1) is 12.4 Å². The summed E-state index contributed by atoms with van der Waals surface area (Å²) in [6.45, 7) is 1.16. The van der Waals surface area contributed by atoms with Gasteiger partial charge in [0.25, 0.3) is 5.91 Å². The zero-order valence-electron chi connectivity index (χ0n) is 12.3. The fourth-order valence-electron chi connectivity index (χ4n) is 2.46. The molecule has 0 saturated heterocycles. The van der Waals surface area contributed by atoms with Crippen LogP contribution in [0.3, 0.4) is 0 Å². The molecule has 1 aromatic heterocycles. The van der Waals surface area contributed by atoms with E-state index in [-0.39, 0.29) is 24.4 Å². The molecular weight excluding hydrogens is 300 g/mol. The first-order valence-corrected chi connectivity index (χ1v) is 7.33. The molecule has 3 rings (SSSR count). The van der Waals surface area contributed by atoms with E-state index in [0.29, 0.717) is 24.6 Å². The maximum Gasteiger partial charge on any atom is 0.254 e. The lowest BCUT2D eigenvalue weighted by atomic mass is 10.2. The first kappa shape index (κ1) is 16.5. The van der Waals surface area contributed by atoms with Crippen LogP contribution in [0.5, 0.6) is 0 Å². The molecule has 1 heterocycles. The largest absolute Gasteiger partial charge is 0.348 e. The minimum absolute atomic E-state index is 0. The van der Waals surface area contributed by atoms with E-state index in [1.165, 1.54) is 0 Å². The van der Waals surface area contributed by atoms with Crippen molar-refractivity contribution in [1.82, 2.24) is 15.1 Å². The van der Waals surface area contributed by atoms with Gasteiger partial charge in [0.15, 0.2) is 0 Å². The molecule has 1 aliphatic rings. The van der Waals surface area contributed by atoms with Gasteiger partial charge in [-0.2, -0.15) is 5.10 Å². The number of aromatic nitrogens is 2. The average Bonchev–Trinajstić information content (AvgIpc) is 3.25. The SMILES string of the molecule is Cl.NCC(NC(=O)c1cnn(Cc2ccccc2)c1)C1CC1. The van der Waals surface area contributed by atoms with Gasteiger partial charge < -0.3 is 11.1 Å². The summed E-state index contributed by atoms with van der Waals surface area (Å²) < 4.78 is 1.78. The van der Waals surface area contributed by atoms with Crippen LogP contribution in [-0.4, -0.2) is 28.3 Å². The Hall–Kier alpha value is -1.85. The third kappa shape index (κ3) is 4.08. The highest BCUT2D eigenvalue weighted by Crippen LogP contribution is 2.32. The van der Waals surface area contributed by atoms with Gasteiger partial charge in [-0.1, -0.05) is 30.3 Å². The summed E-state index contributed by atoms with van der Waals surface area (Å²) in [7, 11) is 0. The van der Waals surface area contributed by atoms with E-state index in [1.54, 1.807) is 17.1 Å². The molecule has 5 nitrogen and oxygen atoms in total. The number of nitrogens with two attached hydrogens (primary N) is 1. The molecule has 1 aromatic carbocycles. The summed E-state index contributed by atoms with van der Waals surface area (Å²) in [6.07, 6.45) is 5.71. The quantitative estimate of drug-likeness (QED) is 0.852. The predicted octanol–water partition coefficient (Wildman–Crippen LogP) is 1.82. The highest BCUT2D eigenvalue weighted by Gasteiger charge is 2.31. The summed E-state index contributed by atoms with van der Waals surface area (Å²) in [6, 6.07) is 10.1. The maximum atomic E-state index is 12.2. The minimum atomic E-state index is -0.0864. The van der Waals surface area contributed by atoms with Crippen LogP contribution in [0.2, 0.25) is 0 Å². The molecule has 1 atom stereocenters. The number of halogens is 1. The van der Waals surface area contributed by atoms with Crippen molar-refractivity contribution < 1.29 is 4.79 Å². The van der Waals surface area contributed by atoms with Crippen molar-refractivity contribution in [2.24, 2.45) is 11.7 Å². The normalized spacial score (nSPS) is 15.0. The highest BCUT2D eigenvalue weighted by molar-refractivity contribution is 5.93. The number of benzene rings is 1. The first-order valence-electron chi connectivity index (χ1n) is 7.33. The van der Waals surface area contributed by atoms with E-state index < -0.39 is 0 Å². The molecular formula is C16H21ClN4O. The van der Waals surface area contributed by atoms with Crippen molar-refractivity contribution in [2.45, 2.75) is 25.4 Å². The van der Waals surface area contributed by atoms with Crippen LogP contribution in [0, 0.1) is 5.92 Å². The fourth-order valence-corrected chi connectivity index (χ4v) is 2.46. The number of nitrogens with zero attached hydrogens (tertiary/aromatic N) is 2. The van der Waals surface area contributed by atoms with Crippen LogP contribution in [0.15, 0.2) is 42.7 Å². The van der Waals surface area contributed by atoms with Crippen LogP contribution in [0.4, 0.5) is 0 Å². The van der Waals surface area contributed by atoms with Crippen LogP contribution < -0.4 is 11.1 Å². The number of carbonyl (C=O) groups is 1. The third-order valence-electron chi connectivity index (χ3n) is 3.84. The lowest BCUT2D eigenvalue weighted by Gasteiger charge is -2.15. The molecule has 3 N–H and O–H groups in total. The molecule has 22 heavy (non-hydrogen) atoms. The van der Waals surface area contributed by atoms with Crippen molar-refractivity contribution in [3.8, 4) is 0 Å². The summed E-state index contributed by atoms with van der Waals surface area (Å²) in [4.78, 5) is 12.2. The number of nitrogens with one attached hydrogen (secondary N) is 1.